The third-order valence-corrected chi connectivity index (χ3v) is 4.44. The first kappa shape index (κ1) is 16.7. The summed E-state index contributed by atoms with van der Waals surface area (Å²) in [5.41, 5.74) is 1.32. The smallest absolute Gasteiger partial charge is 0.252 e. The van der Waals surface area contributed by atoms with Gasteiger partial charge in [0.15, 0.2) is 0 Å². The van der Waals surface area contributed by atoms with E-state index in [0.29, 0.717) is 12.2 Å². The number of hydrogen-bond acceptors (Lipinski definition) is 4. The number of carbonyl (C=O) groups excluding carboxylic acids is 1. The Morgan fingerprint density at radius 2 is 2.08 bits per heavy atom. The lowest BCUT2D eigenvalue weighted by Crippen LogP contribution is -2.45. The molecule has 1 aliphatic rings. The van der Waals surface area contributed by atoms with Gasteiger partial charge in [-0.3, -0.25) is 4.79 Å². The summed E-state index contributed by atoms with van der Waals surface area (Å²) in [5.74, 6) is 0.741. The molecule has 1 unspecified atom stereocenters. The Kier molecular flexibility index (Phi) is 4.45. The van der Waals surface area contributed by atoms with Crippen LogP contribution in [0.15, 0.2) is 30.3 Å². The average Bonchev–Trinajstić information content (AvgIpc) is 2.52. The van der Waals surface area contributed by atoms with E-state index in [1.165, 1.54) is 0 Å². The largest absolute Gasteiger partial charge is 0.375 e. The molecule has 0 bridgehead atoms. The van der Waals surface area contributed by atoms with Crippen LogP contribution in [0.5, 0.6) is 0 Å². The van der Waals surface area contributed by atoms with Gasteiger partial charge >= 0.3 is 0 Å². The van der Waals surface area contributed by atoms with E-state index in [1.807, 2.05) is 49.3 Å². The summed E-state index contributed by atoms with van der Waals surface area (Å²) >= 11 is 0. The Morgan fingerprint density at radius 1 is 1.33 bits per heavy atom. The minimum absolute atomic E-state index is 0.0422. The normalized spacial score (nSPS) is 19.9. The summed E-state index contributed by atoms with van der Waals surface area (Å²) in [6.07, 6.45) is 1.67. The molecular weight excluding hydrogens is 302 g/mol. The molecule has 1 aromatic carbocycles. The van der Waals surface area contributed by atoms with E-state index in [2.05, 4.69) is 24.1 Å². The number of carbonyl (C=O) groups is 1. The van der Waals surface area contributed by atoms with Gasteiger partial charge < -0.3 is 15.0 Å². The number of benzene rings is 1. The quantitative estimate of drug-likeness (QED) is 0.941. The lowest BCUT2D eigenvalue weighted by Gasteiger charge is -2.35. The number of nitrogens with one attached hydrogen (secondary N) is 1. The fourth-order valence-corrected chi connectivity index (χ4v) is 3.20. The van der Waals surface area contributed by atoms with Gasteiger partial charge in [0.05, 0.1) is 16.7 Å². The average molecular weight is 327 g/mol. The van der Waals surface area contributed by atoms with Crippen molar-refractivity contribution in [3.05, 3.63) is 35.9 Å². The van der Waals surface area contributed by atoms with Crippen LogP contribution in [0.4, 0.5) is 5.82 Å². The highest BCUT2D eigenvalue weighted by Gasteiger charge is 2.30. The molecule has 1 N–H and O–H groups in total. The maximum atomic E-state index is 12.9. The molecule has 1 aromatic heterocycles. The second-order valence-corrected chi connectivity index (χ2v) is 7.21. The molecule has 1 atom stereocenters. The van der Waals surface area contributed by atoms with Crippen molar-refractivity contribution in [1.29, 1.82) is 0 Å². The summed E-state index contributed by atoms with van der Waals surface area (Å²) in [5, 5.41) is 4.07. The monoisotopic (exact) mass is 327 g/mol. The molecule has 5 heteroatoms. The number of pyridine rings is 1. The van der Waals surface area contributed by atoms with Crippen LogP contribution in [-0.4, -0.2) is 43.2 Å². The Balaban J connectivity index is 1.91. The Hall–Kier alpha value is -2.14. The SMILES string of the molecule is CN(C)c1cc(C(=O)NC2CCOC(C)(C)C2)c2ccccc2n1. The van der Waals surface area contributed by atoms with Gasteiger partial charge in [0.25, 0.3) is 5.91 Å². The highest BCUT2D eigenvalue weighted by molar-refractivity contribution is 6.07. The first-order valence-corrected chi connectivity index (χ1v) is 8.38. The summed E-state index contributed by atoms with van der Waals surface area (Å²) in [6, 6.07) is 9.77. The highest BCUT2D eigenvalue weighted by atomic mass is 16.5. The van der Waals surface area contributed by atoms with Crippen molar-refractivity contribution in [2.24, 2.45) is 0 Å². The van der Waals surface area contributed by atoms with Crippen LogP contribution >= 0.6 is 0 Å². The first-order valence-electron chi connectivity index (χ1n) is 8.38. The lowest BCUT2D eigenvalue weighted by molar-refractivity contribution is -0.0615. The van der Waals surface area contributed by atoms with Crippen LogP contribution in [0, 0.1) is 0 Å². The molecule has 1 amide bonds. The van der Waals surface area contributed by atoms with Crippen molar-refractivity contribution < 1.29 is 9.53 Å². The molecule has 0 spiro atoms. The van der Waals surface area contributed by atoms with Gasteiger partial charge in [-0.2, -0.15) is 0 Å². The van der Waals surface area contributed by atoms with E-state index in [4.69, 9.17) is 4.74 Å². The molecule has 1 saturated heterocycles. The first-order chi connectivity index (χ1) is 11.4. The number of anilines is 1. The zero-order valence-electron chi connectivity index (χ0n) is 14.8. The lowest BCUT2D eigenvalue weighted by atomic mass is 9.93. The minimum Gasteiger partial charge on any atom is -0.375 e. The van der Waals surface area contributed by atoms with Crippen LogP contribution in [0.25, 0.3) is 10.9 Å². The second kappa shape index (κ2) is 6.40. The number of ether oxygens (including phenoxy) is 1. The fourth-order valence-electron chi connectivity index (χ4n) is 3.20. The number of fused-ring (bicyclic) bond motifs is 1. The molecule has 0 radical (unpaired) electrons. The third kappa shape index (κ3) is 3.51. The van der Waals surface area contributed by atoms with E-state index in [9.17, 15) is 4.79 Å². The molecule has 128 valence electrons. The van der Waals surface area contributed by atoms with E-state index in [0.717, 1.165) is 29.6 Å². The van der Waals surface area contributed by atoms with Gasteiger partial charge in [-0.1, -0.05) is 18.2 Å². The maximum Gasteiger partial charge on any atom is 0.252 e. The van der Waals surface area contributed by atoms with E-state index < -0.39 is 0 Å². The summed E-state index contributed by atoms with van der Waals surface area (Å²) in [7, 11) is 3.86. The van der Waals surface area contributed by atoms with E-state index in [1.54, 1.807) is 0 Å². The van der Waals surface area contributed by atoms with E-state index in [-0.39, 0.29) is 17.6 Å². The van der Waals surface area contributed by atoms with Gasteiger partial charge in [-0.25, -0.2) is 4.98 Å². The summed E-state index contributed by atoms with van der Waals surface area (Å²) < 4.78 is 5.74. The molecule has 1 fully saturated rings. The van der Waals surface area contributed by atoms with Crippen molar-refractivity contribution in [1.82, 2.24) is 10.3 Å². The van der Waals surface area contributed by atoms with Gasteiger partial charge in [0.2, 0.25) is 0 Å². The molecule has 2 aromatic rings. The van der Waals surface area contributed by atoms with Gasteiger partial charge in [0, 0.05) is 32.1 Å². The molecule has 1 aliphatic heterocycles. The minimum atomic E-state index is -0.189. The van der Waals surface area contributed by atoms with Crippen molar-refractivity contribution in [2.75, 3.05) is 25.6 Å². The predicted octanol–water partition coefficient (Wildman–Crippen LogP) is 2.99. The van der Waals surface area contributed by atoms with Gasteiger partial charge in [-0.05, 0) is 38.8 Å². The predicted molar refractivity (Wildman–Crippen MR) is 96.6 cm³/mol. The van der Waals surface area contributed by atoms with Crippen molar-refractivity contribution in [2.45, 2.75) is 38.3 Å². The van der Waals surface area contributed by atoms with Crippen LogP contribution in [0.1, 0.15) is 37.0 Å². The molecule has 24 heavy (non-hydrogen) atoms. The topological polar surface area (TPSA) is 54.5 Å². The molecule has 5 nitrogen and oxygen atoms in total. The maximum absolute atomic E-state index is 12.9. The number of rotatable bonds is 3. The van der Waals surface area contributed by atoms with Crippen molar-refractivity contribution >= 4 is 22.6 Å². The zero-order chi connectivity index (χ0) is 17.3. The van der Waals surface area contributed by atoms with Crippen molar-refractivity contribution in [3.63, 3.8) is 0 Å². The van der Waals surface area contributed by atoms with E-state index >= 15 is 0 Å². The number of nitrogens with zero attached hydrogens (tertiary/aromatic N) is 2. The van der Waals surface area contributed by atoms with Crippen LogP contribution in [0.3, 0.4) is 0 Å². The molecular formula is C19H25N3O2. The zero-order valence-corrected chi connectivity index (χ0v) is 14.8. The third-order valence-electron chi connectivity index (χ3n) is 4.44. The number of amides is 1. The standard InChI is InChI=1S/C19H25N3O2/c1-19(2)12-13(9-10-24-19)20-18(23)15-11-17(22(3)4)21-16-8-6-5-7-14(15)16/h5-8,11,13H,9-10,12H2,1-4H3,(H,20,23). The van der Waals surface area contributed by atoms with Gasteiger partial charge in [0.1, 0.15) is 5.82 Å². The fraction of sp³-hybridized carbons (Fsp3) is 0.474. The van der Waals surface area contributed by atoms with Crippen LogP contribution in [-0.2, 0) is 4.74 Å². The summed E-state index contributed by atoms with van der Waals surface area (Å²) in [6.45, 7) is 4.81. The Morgan fingerprint density at radius 3 is 2.79 bits per heavy atom. The second-order valence-electron chi connectivity index (χ2n) is 7.21. The van der Waals surface area contributed by atoms with Gasteiger partial charge in [-0.15, -0.1) is 0 Å². The highest BCUT2D eigenvalue weighted by Crippen LogP contribution is 2.26. The number of para-hydroxylation sites is 1. The Bertz CT molecular complexity index is 755. The molecule has 3 rings (SSSR count). The van der Waals surface area contributed by atoms with Crippen LogP contribution < -0.4 is 10.2 Å². The number of aromatic nitrogens is 1. The molecule has 0 aliphatic carbocycles. The van der Waals surface area contributed by atoms with Crippen molar-refractivity contribution in [3.8, 4) is 0 Å². The Labute approximate surface area is 143 Å². The van der Waals surface area contributed by atoms with Crippen LogP contribution in [0.2, 0.25) is 0 Å². The molecule has 0 saturated carbocycles. The molecule has 2 heterocycles. The summed E-state index contributed by atoms with van der Waals surface area (Å²) in [4.78, 5) is 19.4. The number of hydrogen-bond donors (Lipinski definition) is 1.